The lowest BCUT2D eigenvalue weighted by atomic mass is 10.1. The van der Waals surface area contributed by atoms with Gasteiger partial charge >= 0.3 is 15.5 Å². The fourth-order valence-corrected chi connectivity index (χ4v) is 4.28. The van der Waals surface area contributed by atoms with Crippen LogP contribution in [0, 0.1) is 12.8 Å². The number of nitrogens with zero attached hydrogens (tertiary/aromatic N) is 2. The van der Waals surface area contributed by atoms with E-state index in [9.17, 15) is 21.6 Å². The molecule has 0 aliphatic carbocycles. The third kappa shape index (κ3) is 4.99. The minimum absolute atomic E-state index is 0.126. The highest BCUT2D eigenvalue weighted by Crippen LogP contribution is 2.32. The molecule has 10 heteroatoms. The fourth-order valence-electron chi connectivity index (χ4n) is 2.82. The molecule has 160 valence electrons. The maximum Gasteiger partial charge on any atom is 0.516 e. The van der Waals surface area contributed by atoms with Crippen molar-refractivity contribution in [1.82, 2.24) is 9.97 Å². The second kappa shape index (κ2) is 8.35. The molecule has 0 unspecified atom stereocenters. The van der Waals surface area contributed by atoms with E-state index in [-0.39, 0.29) is 5.69 Å². The van der Waals surface area contributed by atoms with Gasteiger partial charge in [-0.3, -0.25) is 9.71 Å². The molecule has 1 N–H and O–H groups in total. The summed E-state index contributed by atoms with van der Waals surface area (Å²) in [5.74, 6) is 0.482. The smallest absolute Gasteiger partial charge is 0.276 e. The molecule has 0 aliphatic rings. The van der Waals surface area contributed by atoms with Crippen LogP contribution in [0.25, 0.3) is 21.8 Å². The Bertz CT molecular complexity index is 1160. The highest BCUT2D eigenvalue weighted by Gasteiger charge is 2.46. The standard InChI is InChI=1S/C20H20F3N3O2S2/c1-12(2)8-16-10-15(6-7-24-16)19-25-18(11-29-19)14-4-5-17(13(3)9-14)26-30(27,28)20(21,22)23/h4-7,9-12,26H,8H2,1-3H3. The number of aryl methyl sites for hydroxylation is 1. The fraction of sp³-hybridized carbons (Fsp3) is 0.300. The summed E-state index contributed by atoms with van der Waals surface area (Å²) in [6.07, 6.45) is 2.61. The van der Waals surface area contributed by atoms with Crippen LogP contribution in [0.3, 0.4) is 0 Å². The van der Waals surface area contributed by atoms with Crippen molar-refractivity contribution in [3.63, 3.8) is 0 Å². The van der Waals surface area contributed by atoms with Crippen molar-refractivity contribution >= 4 is 27.0 Å². The predicted octanol–water partition coefficient (Wildman–Crippen LogP) is 5.64. The number of pyridine rings is 1. The van der Waals surface area contributed by atoms with Gasteiger partial charge in [-0.15, -0.1) is 11.3 Å². The maximum atomic E-state index is 12.6. The predicted molar refractivity (Wildman–Crippen MR) is 113 cm³/mol. The summed E-state index contributed by atoms with van der Waals surface area (Å²) < 4.78 is 62.0. The van der Waals surface area contributed by atoms with Crippen LogP contribution < -0.4 is 4.72 Å². The van der Waals surface area contributed by atoms with Crippen molar-refractivity contribution < 1.29 is 21.6 Å². The van der Waals surface area contributed by atoms with Gasteiger partial charge in [0.2, 0.25) is 0 Å². The van der Waals surface area contributed by atoms with E-state index in [1.807, 2.05) is 17.5 Å². The molecule has 30 heavy (non-hydrogen) atoms. The first-order chi connectivity index (χ1) is 14.0. The van der Waals surface area contributed by atoms with Crippen LogP contribution in [0.5, 0.6) is 0 Å². The minimum Gasteiger partial charge on any atom is -0.276 e. The van der Waals surface area contributed by atoms with Gasteiger partial charge in [0.1, 0.15) is 5.01 Å². The number of hydrogen-bond donors (Lipinski definition) is 1. The molecular weight excluding hydrogens is 435 g/mol. The van der Waals surface area contributed by atoms with E-state index in [4.69, 9.17) is 0 Å². The van der Waals surface area contributed by atoms with Gasteiger partial charge in [0.25, 0.3) is 0 Å². The van der Waals surface area contributed by atoms with Crippen LogP contribution in [0.4, 0.5) is 18.9 Å². The van der Waals surface area contributed by atoms with Gasteiger partial charge in [0.15, 0.2) is 0 Å². The van der Waals surface area contributed by atoms with E-state index in [0.717, 1.165) is 22.7 Å². The van der Waals surface area contributed by atoms with Crippen molar-refractivity contribution in [1.29, 1.82) is 0 Å². The van der Waals surface area contributed by atoms with Crippen LogP contribution in [-0.2, 0) is 16.4 Å². The first kappa shape index (κ1) is 22.2. The molecule has 3 aromatic rings. The summed E-state index contributed by atoms with van der Waals surface area (Å²) in [6, 6.07) is 8.33. The number of hydrogen-bond acceptors (Lipinski definition) is 5. The third-order valence-corrected chi connectivity index (χ3v) is 6.25. The zero-order valence-electron chi connectivity index (χ0n) is 16.5. The Kier molecular flexibility index (Phi) is 6.19. The van der Waals surface area contributed by atoms with Crippen LogP contribution >= 0.6 is 11.3 Å². The second-order valence-electron chi connectivity index (χ2n) is 7.25. The summed E-state index contributed by atoms with van der Waals surface area (Å²) in [7, 11) is -5.47. The average Bonchev–Trinajstić information content (AvgIpc) is 3.12. The van der Waals surface area contributed by atoms with E-state index in [1.54, 1.807) is 17.0 Å². The lowest BCUT2D eigenvalue weighted by Crippen LogP contribution is -2.30. The number of benzene rings is 1. The number of thiazole rings is 1. The van der Waals surface area contributed by atoms with E-state index < -0.39 is 15.5 Å². The first-order valence-corrected chi connectivity index (χ1v) is 11.4. The van der Waals surface area contributed by atoms with Crippen LogP contribution in [0.2, 0.25) is 0 Å². The summed E-state index contributed by atoms with van der Waals surface area (Å²) >= 11 is 1.45. The monoisotopic (exact) mass is 455 g/mol. The number of halogens is 3. The lowest BCUT2D eigenvalue weighted by Gasteiger charge is -2.13. The quantitative estimate of drug-likeness (QED) is 0.522. The average molecular weight is 456 g/mol. The maximum absolute atomic E-state index is 12.6. The molecule has 3 rings (SSSR count). The number of nitrogens with one attached hydrogen (secondary N) is 1. The van der Waals surface area contributed by atoms with Crippen LogP contribution in [-0.4, -0.2) is 23.9 Å². The molecule has 5 nitrogen and oxygen atoms in total. The Morgan fingerprint density at radius 3 is 2.50 bits per heavy atom. The number of alkyl halides is 3. The highest BCUT2D eigenvalue weighted by atomic mass is 32.2. The molecule has 0 fully saturated rings. The van der Waals surface area contributed by atoms with Crippen LogP contribution in [0.1, 0.15) is 25.1 Å². The summed E-state index contributed by atoms with van der Waals surface area (Å²) in [5.41, 5.74) is -1.87. The Balaban J connectivity index is 1.85. The van der Waals surface area contributed by atoms with Gasteiger partial charge in [-0.25, -0.2) is 4.98 Å². The summed E-state index contributed by atoms with van der Waals surface area (Å²) in [4.78, 5) is 9.01. The van der Waals surface area contributed by atoms with Gasteiger partial charge in [0, 0.05) is 28.4 Å². The molecule has 0 atom stereocenters. The second-order valence-corrected chi connectivity index (χ2v) is 9.78. The third-order valence-electron chi connectivity index (χ3n) is 4.26. The van der Waals surface area contributed by atoms with E-state index >= 15 is 0 Å². The molecule has 0 radical (unpaired) electrons. The van der Waals surface area contributed by atoms with Gasteiger partial charge < -0.3 is 0 Å². The first-order valence-electron chi connectivity index (χ1n) is 9.07. The lowest BCUT2D eigenvalue weighted by molar-refractivity contribution is -0.0429. The van der Waals surface area contributed by atoms with Gasteiger partial charge in [0.05, 0.1) is 11.4 Å². The Labute approximate surface area is 177 Å². The van der Waals surface area contributed by atoms with Crippen LogP contribution in [0.15, 0.2) is 41.9 Å². The molecule has 0 aliphatic heterocycles. The molecule has 0 saturated carbocycles. The molecule has 2 heterocycles. The van der Waals surface area contributed by atoms with Gasteiger partial charge in [-0.1, -0.05) is 19.9 Å². The van der Waals surface area contributed by atoms with Crippen molar-refractivity contribution in [2.45, 2.75) is 32.7 Å². The van der Waals surface area contributed by atoms with Gasteiger partial charge in [-0.2, -0.15) is 21.6 Å². The molecule has 1 aromatic carbocycles. The van der Waals surface area contributed by atoms with E-state index in [1.165, 1.54) is 30.4 Å². The number of sulfonamides is 1. The SMILES string of the molecule is Cc1cc(-c2csc(-c3ccnc(CC(C)C)c3)n2)ccc1NS(=O)(=O)C(F)(F)F. The number of rotatable bonds is 6. The minimum atomic E-state index is -5.47. The van der Waals surface area contributed by atoms with Crippen molar-refractivity contribution in [2.24, 2.45) is 5.92 Å². The topological polar surface area (TPSA) is 72.0 Å². The Hall–Kier alpha value is -2.46. The molecule has 0 bridgehead atoms. The highest BCUT2D eigenvalue weighted by molar-refractivity contribution is 7.93. The number of aromatic nitrogens is 2. The molecule has 0 saturated heterocycles. The zero-order valence-corrected chi connectivity index (χ0v) is 18.1. The molecule has 0 amide bonds. The van der Waals surface area contributed by atoms with E-state index in [2.05, 4.69) is 23.8 Å². The van der Waals surface area contributed by atoms with Crippen molar-refractivity contribution in [2.75, 3.05) is 4.72 Å². The largest absolute Gasteiger partial charge is 0.516 e. The van der Waals surface area contributed by atoms with Crippen molar-refractivity contribution in [3.8, 4) is 21.8 Å². The summed E-state index contributed by atoms with van der Waals surface area (Å²) in [6.45, 7) is 5.78. The zero-order chi connectivity index (χ0) is 22.1. The van der Waals surface area contributed by atoms with Crippen molar-refractivity contribution in [3.05, 3.63) is 53.2 Å². The molecule has 2 aromatic heterocycles. The molecular formula is C20H20F3N3O2S2. The van der Waals surface area contributed by atoms with Gasteiger partial charge in [-0.05, 0) is 49.1 Å². The normalized spacial score (nSPS) is 12.4. The Morgan fingerprint density at radius 2 is 1.87 bits per heavy atom. The number of anilines is 1. The summed E-state index contributed by atoms with van der Waals surface area (Å²) in [5, 5.41) is 2.66. The van der Waals surface area contributed by atoms with E-state index in [0.29, 0.717) is 22.7 Å². The Morgan fingerprint density at radius 1 is 1.13 bits per heavy atom. The molecule has 0 spiro atoms.